The molecule has 0 radical (unpaired) electrons. The van der Waals surface area contributed by atoms with Crippen molar-refractivity contribution in [2.75, 3.05) is 17.6 Å². The van der Waals surface area contributed by atoms with Crippen LogP contribution in [0, 0.1) is 4.78 Å². The van der Waals surface area contributed by atoms with Crippen LogP contribution in [0.25, 0.3) is 0 Å². The van der Waals surface area contributed by atoms with E-state index < -0.39 is 9.92 Å². The molecule has 78 valence electrons. The highest BCUT2D eigenvalue weighted by Crippen LogP contribution is 2.17. The van der Waals surface area contributed by atoms with E-state index in [0.717, 1.165) is 0 Å². The van der Waals surface area contributed by atoms with Crippen LogP contribution in [0.4, 0.5) is 5.69 Å². The van der Waals surface area contributed by atoms with Crippen molar-refractivity contribution in [3.05, 3.63) is 24.3 Å². The smallest absolute Gasteiger partial charge is 0.123 e. The van der Waals surface area contributed by atoms with Crippen LogP contribution < -0.4 is 9.46 Å². The topological polar surface area (TPSA) is 62.2 Å². The van der Waals surface area contributed by atoms with Gasteiger partial charge in [0.15, 0.2) is 0 Å². The second kappa shape index (κ2) is 4.32. The lowest BCUT2D eigenvalue weighted by atomic mass is 10.3. The molecule has 1 aromatic carbocycles. The number of benzene rings is 1. The summed E-state index contributed by atoms with van der Waals surface area (Å²) in [7, 11) is -2.71. The quantitative estimate of drug-likeness (QED) is 0.806. The van der Waals surface area contributed by atoms with Crippen molar-refractivity contribution in [1.29, 1.82) is 4.78 Å². The number of nitrogens with one attached hydrogen (secondary N) is 2. The molecule has 14 heavy (non-hydrogen) atoms. The van der Waals surface area contributed by atoms with Gasteiger partial charge < -0.3 is 4.74 Å². The van der Waals surface area contributed by atoms with Crippen LogP contribution in [-0.2, 0) is 9.92 Å². The van der Waals surface area contributed by atoms with Crippen LogP contribution in [0.15, 0.2) is 24.3 Å². The number of rotatable bonds is 4. The highest BCUT2D eigenvalue weighted by atomic mass is 32.2. The van der Waals surface area contributed by atoms with E-state index in [-0.39, 0.29) is 0 Å². The fraction of sp³-hybridized carbons (Fsp3) is 0.333. The van der Waals surface area contributed by atoms with Crippen molar-refractivity contribution in [2.45, 2.75) is 6.92 Å². The summed E-state index contributed by atoms with van der Waals surface area (Å²) in [6.45, 7) is 2.49. The fourth-order valence-electron chi connectivity index (χ4n) is 1.04. The Morgan fingerprint density at radius 2 is 2.29 bits per heavy atom. The minimum Gasteiger partial charge on any atom is -0.494 e. The Bertz CT molecular complexity index is 401. The predicted octanol–water partition coefficient (Wildman–Crippen LogP) is 2.09. The summed E-state index contributed by atoms with van der Waals surface area (Å²) in [4.78, 5) is 0. The maximum atomic E-state index is 11.1. The molecular formula is C9H14N2O2S. The average molecular weight is 214 g/mol. The first kappa shape index (κ1) is 10.8. The van der Waals surface area contributed by atoms with Gasteiger partial charge in [-0.05, 0) is 19.1 Å². The van der Waals surface area contributed by atoms with Gasteiger partial charge in [0.1, 0.15) is 15.7 Å². The molecule has 1 atom stereocenters. The van der Waals surface area contributed by atoms with E-state index in [4.69, 9.17) is 9.52 Å². The summed E-state index contributed by atoms with van der Waals surface area (Å²) in [5.74, 6) is 0.709. The molecule has 0 spiro atoms. The van der Waals surface area contributed by atoms with E-state index in [1.165, 1.54) is 6.26 Å². The van der Waals surface area contributed by atoms with E-state index in [0.29, 0.717) is 18.0 Å². The first-order valence-electron chi connectivity index (χ1n) is 4.25. The third kappa shape index (κ3) is 3.66. The lowest BCUT2D eigenvalue weighted by Gasteiger charge is -2.08. The Labute approximate surface area is 84.4 Å². The molecule has 0 heterocycles. The first-order valence-corrected chi connectivity index (χ1v) is 6.22. The predicted molar refractivity (Wildman–Crippen MR) is 58.0 cm³/mol. The monoisotopic (exact) mass is 214 g/mol. The normalized spacial score (nSPS) is 14.4. The second-order valence-electron chi connectivity index (χ2n) is 2.91. The molecule has 0 bridgehead atoms. The summed E-state index contributed by atoms with van der Waals surface area (Å²) in [5.41, 5.74) is 0.637. The molecule has 0 saturated heterocycles. The molecular weight excluding hydrogens is 200 g/mol. The van der Waals surface area contributed by atoms with Crippen LogP contribution in [0.3, 0.4) is 0 Å². The second-order valence-corrected chi connectivity index (χ2v) is 4.80. The summed E-state index contributed by atoms with van der Waals surface area (Å²) in [6.07, 6.45) is 1.33. The van der Waals surface area contributed by atoms with Crippen LogP contribution >= 0.6 is 0 Å². The lowest BCUT2D eigenvalue weighted by molar-refractivity contribution is 0.340. The molecule has 0 aliphatic carbocycles. The van der Waals surface area contributed by atoms with Gasteiger partial charge in [0.25, 0.3) is 0 Å². The van der Waals surface area contributed by atoms with E-state index in [1.54, 1.807) is 18.2 Å². The van der Waals surface area contributed by atoms with Crippen molar-refractivity contribution >= 4 is 15.6 Å². The molecule has 0 saturated carbocycles. The average Bonchev–Trinajstić information content (AvgIpc) is 2.02. The molecule has 0 amide bonds. The first-order chi connectivity index (χ1) is 6.51. The lowest BCUT2D eigenvalue weighted by Crippen LogP contribution is -2.07. The van der Waals surface area contributed by atoms with Gasteiger partial charge >= 0.3 is 0 Å². The maximum absolute atomic E-state index is 11.1. The van der Waals surface area contributed by atoms with Crippen molar-refractivity contribution < 1.29 is 8.95 Å². The standard InChI is InChI=1S/C9H14N2O2S/c1-3-13-9-6-4-5-8(7-9)11-14(2,10)12/h4-7H,3H2,1-2H3,(H2,10,11,12). The van der Waals surface area contributed by atoms with Crippen LogP contribution in [0.2, 0.25) is 0 Å². The summed E-state index contributed by atoms with van der Waals surface area (Å²) in [6, 6.07) is 7.08. The zero-order valence-corrected chi connectivity index (χ0v) is 9.06. The molecule has 0 aromatic heterocycles. The molecule has 0 aliphatic heterocycles. The van der Waals surface area contributed by atoms with Crippen molar-refractivity contribution in [3.8, 4) is 5.75 Å². The van der Waals surface area contributed by atoms with Gasteiger partial charge in [0, 0.05) is 12.3 Å². The summed E-state index contributed by atoms with van der Waals surface area (Å²) >= 11 is 0. The van der Waals surface area contributed by atoms with Gasteiger partial charge in [-0.2, -0.15) is 0 Å². The Hall–Kier alpha value is -1.23. The van der Waals surface area contributed by atoms with E-state index in [2.05, 4.69) is 4.72 Å². The highest BCUT2D eigenvalue weighted by Gasteiger charge is 1.99. The van der Waals surface area contributed by atoms with E-state index in [9.17, 15) is 4.21 Å². The van der Waals surface area contributed by atoms with Crippen LogP contribution in [0.1, 0.15) is 6.92 Å². The summed E-state index contributed by atoms with van der Waals surface area (Å²) < 4.78 is 26.2. The number of ether oxygens (including phenoxy) is 1. The molecule has 1 rings (SSSR count). The van der Waals surface area contributed by atoms with E-state index >= 15 is 0 Å². The maximum Gasteiger partial charge on any atom is 0.123 e. The van der Waals surface area contributed by atoms with Crippen molar-refractivity contribution in [1.82, 2.24) is 0 Å². The van der Waals surface area contributed by atoms with Crippen LogP contribution in [-0.4, -0.2) is 17.1 Å². The Morgan fingerprint density at radius 3 is 2.86 bits per heavy atom. The molecule has 0 fully saturated rings. The van der Waals surface area contributed by atoms with Crippen LogP contribution in [0.5, 0.6) is 5.75 Å². The zero-order chi connectivity index (χ0) is 10.6. The molecule has 1 aromatic rings. The zero-order valence-electron chi connectivity index (χ0n) is 8.24. The number of hydrogen-bond donors (Lipinski definition) is 2. The molecule has 1 unspecified atom stereocenters. The third-order valence-corrected chi connectivity index (χ3v) is 2.08. The highest BCUT2D eigenvalue weighted by molar-refractivity contribution is 7.93. The van der Waals surface area contributed by atoms with Gasteiger partial charge in [-0.15, -0.1) is 0 Å². The fourth-order valence-corrected chi connectivity index (χ4v) is 1.62. The number of anilines is 1. The van der Waals surface area contributed by atoms with Crippen molar-refractivity contribution in [2.24, 2.45) is 0 Å². The van der Waals surface area contributed by atoms with Gasteiger partial charge in [-0.3, -0.25) is 4.72 Å². The minimum atomic E-state index is -2.71. The minimum absolute atomic E-state index is 0.589. The third-order valence-electron chi connectivity index (χ3n) is 1.46. The molecule has 5 heteroatoms. The van der Waals surface area contributed by atoms with Gasteiger partial charge in [0.2, 0.25) is 0 Å². The number of hydrogen-bond acceptors (Lipinski definition) is 3. The Balaban J connectivity index is 2.83. The van der Waals surface area contributed by atoms with Crippen molar-refractivity contribution in [3.63, 3.8) is 0 Å². The molecule has 0 aliphatic rings. The van der Waals surface area contributed by atoms with Gasteiger partial charge in [-0.25, -0.2) is 8.99 Å². The largest absolute Gasteiger partial charge is 0.494 e. The Morgan fingerprint density at radius 1 is 1.57 bits per heavy atom. The summed E-state index contributed by atoms with van der Waals surface area (Å²) in [5, 5.41) is 0. The SMILES string of the molecule is CCOc1cccc(NS(C)(=N)=O)c1. The molecule has 2 N–H and O–H groups in total. The van der Waals surface area contributed by atoms with Gasteiger partial charge in [-0.1, -0.05) is 6.07 Å². The van der Waals surface area contributed by atoms with E-state index in [1.807, 2.05) is 13.0 Å². The van der Waals surface area contributed by atoms with Gasteiger partial charge in [0.05, 0.1) is 12.3 Å². The molecule has 4 nitrogen and oxygen atoms in total. The Kier molecular flexibility index (Phi) is 3.35.